The third-order valence-electron chi connectivity index (χ3n) is 3.66. The molecule has 0 aliphatic heterocycles. The predicted octanol–water partition coefficient (Wildman–Crippen LogP) is 5.06. The number of hydrogen-bond acceptors (Lipinski definition) is 3. The molecule has 0 fully saturated rings. The summed E-state index contributed by atoms with van der Waals surface area (Å²) in [5.41, 5.74) is 1.71. The summed E-state index contributed by atoms with van der Waals surface area (Å²) in [6.45, 7) is 1.68. The summed E-state index contributed by atoms with van der Waals surface area (Å²) in [6, 6.07) is 9.14. The van der Waals surface area contributed by atoms with Crippen molar-refractivity contribution in [2.45, 2.75) is 6.92 Å². The molecule has 6 heteroatoms. The van der Waals surface area contributed by atoms with Gasteiger partial charge in [0.2, 0.25) is 0 Å². The highest BCUT2D eigenvalue weighted by molar-refractivity contribution is 6.30. The second-order valence-electron chi connectivity index (χ2n) is 5.16. The van der Waals surface area contributed by atoms with Crippen LogP contribution in [0.1, 0.15) is 5.69 Å². The standard InChI is InChI=1S/C18H13ClF2N2O/c1-10-16(17-14(20)7-13(24-2)8-15(17)21)18(23-9-22-10)11-3-5-12(19)6-4-11/h3-9H,1-2H3. The first-order valence-corrected chi connectivity index (χ1v) is 7.50. The lowest BCUT2D eigenvalue weighted by Gasteiger charge is -2.14. The van der Waals surface area contributed by atoms with Gasteiger partial charge in [-0.2, -0.15) is 0 Å². The summed E-state index contributed by atoms with van der Waals surface area (Å²) in [7, 11) is 1.35. The van der Waals surface area contributed by atoms with Crippen LogP contribution in [0, 0.1) is 18.6 Å². The van der Waals surface area contributed by atoms with Crippen LogP contribution in [0.25, 0.3) is 22.4 Å². The van der Waals surface area contributed by atoms with E-state index in [1.165, 1.54) is 13.4 Å². The van der Waals surface area contributed by atoms with Gasteiger partial charge in [0.25, 0.3) is 0 Å². The van der Waals surface area contributed by atoms with E-state index in [2.05, 4.69) is 9.97 Å². The van der Waals surface area contributed by atoms with Gasteiger partial charge in [-0.1, -0.05) is 23.7 Å². The lowest BCUT2D eigenvalue weighted by atomic mass is 9.97. The Balaban J connectivity index is 2.28. The van der Waals surface area contributed by atoms with Gasteiger partial charge in [-0.3, -0.25) is 0 Å². The van der Waals surface area contributed by atoms with E-state index in [-0.39, 0.29) is 11.3 Å². The highest BCUT2D eigenvalue weighted by Crippen LogP contribution is 2.37. The van der Waals surface area contributed by atoms with Crippen LogP contribution in [0.2, 0.25) is 5.02 Å². The Hall–Kier alpha value is -2.53. The van der Waals surface area contributed by atoms with Crippen LogP contribution in [0.15, 0.2) is 42.7 Å². The summed E-state index contributed by atoms with van der Waals surface area (Å²) in [6.07, 6.45) is 1.36. The summed E-state index contributed by atoms with van der Waals surface area (Å²) < 4.78 is 34.0. The highest BCUT2D eigenvalue weighted by atomic mass is 35.5. The van der Waals surface area contributed by atoms with Crippen LogP contribution in [0.4, 0.5) is 8.78 Å². The summed E-state index contributed by atoms with van der Waals surface area (Å²) in [4.78, 5) is 8.30. The Morgan fingerprint density at radius 2 is 1.58 bits per heavy atom. The van der Waals surface area contributed by atoms with E-state index in [1.54, 1.807) is 31.2 Å². The van der Waals surface area contributed by atoms with Crippen LogP contribution in [0.5, 0.6) is 5.75 Å². The number of hydrogen-bond donors (Lipinski definition) is 0. The molecular weight excluding hydrogens is 334 g/mol. The van der Waals surface area contributed by atoms with Crippen molar-refractivity contribution in [3.05, 3.63) is 65.1 Å². The minimum Gasteiger partial charge on any atom is -0.497 e. The molecule has 0 aliphatic rings. The fourth-order valence-corrected chi connectivity index (χ4v) is 2.63. The summed E-state index contributed by atoms with van der Waals surface area (Å²) in [5, 5.41) is 0.563. The average Bonchev–Trinajstić information content (AvgIpc) is 2.56. The molecule has 1 aromatic heterocycles. The topological polar surface area (TPSA) is 35.0 Å². The van der Waals surface area contributed by atoms with Crippen LogP contribution in [-0.4, -0.2) is 17.1 Å². The number of rotatable bonds is 3. The molecule has 3 aromatic rings. The quantitative estimate of drug-likeness (QED) is 0.665. The summed E-state index contributed by atoms with van der Waals surface area (Å²) >= 11 is 5.90. The Morgan fingerprint density at radius 3 is 2.17 bits per heavy atom. The molecule has 3 nitrogen and oxygen atoms in total. The van der Waals surface area contributed by atoms with E-state index in [0.717, 1.165) is 12.1 Å². The largest absolute Gasteiger partial charge is 0.497 e. The smallest absolute Gasteiger partial charge is 0.137 e. The van der Waals surface area contributed by atoms with Gasteiger partial charge in [-0.15, -0.1) is 0 Å². The second-order valence-corrected chi connectivity index (χ2v) is 5.59. The SMILES string of the molecule is COc1cc(F)c(-c2c(C)ncnc2-c2ccc(Cl)cc2)c(F)c1. The zero-order valence-corrected chi connectivity index (χ0v) is 13.7. The van der Waals surface area contributed by atoms with Crippen LogP contribution >= 0.6 is 11.6 Å². The minimum atomic E-state index is -0.736. The van der Waals surface area contributed by atoms with Gasteiger partial charge in [0, 0.05) is 34.0 Å². The molecule has 0 bridgehead atoms. The molecule has 0 aliphatic carbocycles. The molecule has 3 rings (SSSR count). The van der Waals surface area contributed by atoms with Crippen molar-refractivity contribution in [3.63, 3.8) is 0 Å². The third kappa shape index (κ3) is 2.95. The van der Waals surface area contributed by atoms with Crippen LogP contribution < -0.4 is 4.74 Å². The van der Waals surface area contributed by atoms with Crippen molar-refractivity contribution in [2.75, 3.05) is 7.11 Å². The molecule has 0 radical (unpaired) electrons. The lowest BCUT2D eigenvalue weighted by molar-refractivity contribution is 0.407. The van der Waals surface area contributed by atoms with E-state index < -0.39 is 11.6 Å². The minimum absolute atomic E-state index is 0.108. The van der Waals surface area contributed by atoms with Crippen molar-refractivity contribution < 1.29 is 13.5 Å². The maximum atomic E-state index is 14.5. The molecule has 0 N–H and O–H groups in total. The molecule has 0 atom stereocenters. The Bertz CT molecular complexity index is 875. The van der Waals surface area contributed by atoms with Gasteiger partial charge < -0.3 is 4.74 Å². The van der Waals surface area contributed by atoms with Gasteiger partial charge in [0.05, 0.1) is 18.4 Å². The molecule has 1 heterocycles. The number of methoxy groups -OCH3 is 1. The fourth-order valence-electron chi connectivity index (χ4n) is 2.51. The highest BCUT2D eigenvalue weighted by Gasteiger charge is 2.21. The van der Waals surface area contributed by atoms with E-state index >= 15 is 0 Å². The fraction of sp³-hybridized carbons (Fsp3) is 0.111. The predicted molar refractivity (Wildman–Crippen MR) is 89.1 cm³/mol. The molecule has 0 saturated heterocycles. The summed E-state index contributed by atoms with van der Waals surface area (Å²) in [5.74, 6) is -1.36. The first kappa shape index (κ1) is 16.3. The molecule has 24 heavy (non-hydrogen) atoms. The maximum absolute atomic E-state index is 14.5. The van der Waals surface area contributed by atoms with Crippen molar-refractivity contribution in [1.29, 1.82) is 0 Å². The number of halogens is 3. The molecule has 0 saturated carbocycles. The van der Waals surface area contributed by atoms with Crippen molar-refractivity contribution in [1.82, 2.24) is 9.97 Å². The van der Waals surface area contributed by atoms with E-state index in [0.29, 0.717) is 27.5 Å². The first-order chi connectivity index (χ1) is 11.5. The van der Waals surface area contributed by atoms with Crippen LogP contribution in [-0.2, 0) is 0 Å². The zero-order chi connectivity index (χ0) is 17.3. The van der Waals surface area contributed by atoms with Gasteiger partial charge in [0.15, 0.2) is 0 Å². The van der Waals surface area contributed by atoms with Crippen molar-refractivity contribution >= 4 is 11.6 Å². The monoisotopic (exact) mass is 346 g/mol. The zero-order valence-electron chi connectivity index (χ0n) is 13.0. The first-order valence-electron chi connectivity index (χ1n) is 7.12. The Labute approximate surface area is 142 Å². The Morgan fingerprint density at radius 1 is 0.958 bits per heavy atom. The van der Waals surface area contributed by atoms with Crippen molar-refractivity contribution in [3.8, 4) is 28.1 Å². The second kappa shape index (κ2) is 6.53. The Kier molecular flexibility index (Phi) is 4.44. The number of aromatic nitrogens is 2. The van der Waals surface area contributed by atoms with Gasteiger partial charge in [-0.05, 0) is 19.1 Å². The molecular formula is C18H13ClF2N2O. The lowest BCUT2D eigenvalue weighted by Crippen LogP contribution is -2.00. The number of ether oxygens (including phenoxy) is 1. The molecule has 122 valence electrons. The van der Waals surface area contributed by atoms with E-state index in [4.69, 9.17) is 16.3 Å². The van der Waals surface area contributed by atoms with Gasteiger partial charge in [-0.25, -0.2) is 18.7 Å². The number of benzene rings is 2. The average molecular weight is 347 g/mol. The third-order valence-corrected chi connectivity index (χ3v) is 3.91. The maximum Gasteiger partial charge on any atom is 0.137 e. The molecule has 2 aromatic carbocycles. The van der Waals surface area contributed by atoms with Gasteiger partial charge >= 0.3 is 0 Å². The molecule has 0 unspecified atom stereocenters. The van der Waals surface area contributed by atoms with E-state index in [1.807, 2.05) is 0 Å². The number of nitrogens with zero attached hydrogens (tertiary/aromatic N) is 2. The normalized spacial score (nSPS) is 10.7. The number of aryl methyl sites for hydroxylation is 1. The van der Waals surface area contributed by atoms with Crippen molar-refractivity contribution in [2.24, 2.45) is 0 Å². The van der Waals surface area contributed by atoms with Gasteiger partial charge in [0.1, 0.15) is 23.7 Å². The van der Waals surface area contributed by atoms with Crippen LogP contribution in [0.3, 0.4) is 0 Å². The molecule has 0 spiro atoms. The van der Waals surface area contributed by atoms with E-state index in [9.17, 15) is 8.78 Å². The molecule has 0 amide bonds.